The standard InChI is InChI=1S/C16H25N3O2/c1-16(2,3)21-15(20)19-9-8-17-11-13(12-19)10-14-6-4-5-7-18-14/h4-7,13,17H,8-12H2,1-3H3/t13-/m0/s1. The van der Waals surface area contributed by atoms with Crippen LogP contribution >= 0.6 is 0 Å². The second-order valence-electron chi connectivity index (χ2n) is 6.52. The van der Waals surface area contributed by atoms with E-state index in [1.165, 1.54) is 0 Å². The van der Waals surface area contributed by atoms with E-state index in [-0.39, 0.29) is 6.09 Å². The van der Waals surface area contributed by atoms with Gasteiger partial charge in [-0.1, -0.05) is 6.07 Å². The minimum absolute atomic E-state index is 0.225. The first-order chi connectivity index (χ1) is 9.94. The molecule has 0 spiro atoms. The molecule has 1 atom stereocenters. The number of aromatic nitrogens is 1. The second-order valence-corrected chi connectivity index (χ2v) is 6.52. The van der Waals surface area contributed by atoms with Crippen molar-refractivity contribution in [1.29, 1.82) is 0 Å². The number of nitrogens with zero attached hydrogens (tertiary/aromatic N) is 2. The third-order valence-electron chi connectivity index (χ3n) is 3.35. The maximum Gasteiger partial charge on any atom is 0.410 e. The molecular weight excluding hydrogens is 266 g/mol. The van der Waals surface area contributed by atoms with Gasteiger partial charge in [-0.25, -0.2) is 4.79 Å². The number of hydrogen-bond acceptors (Lipinski definition) is 4. The lowest BCUT2D eigenvalue weighted by Crippen LogP contribution is -2.40. The monoisotopic (exact) mass is 291 g/mol. The van der Waals surface area contributed by atoms with E-state index in [9.17, 15) is 4.79 Å². The summed E-state index contributed by atoms with van der Waals surface area (Å²) >= 11 is 0. The first kappa shape index (κ1) is 15.8. The molecule has 5 nitrogen and oxygen atoms in total. The van der Waals surface area contributed by atoms with Gasteiger partial charge in [-0.3, -0.25) is 4.98 Å². The van der Waals surface area contributed by atoms with Gasteiger partial charge in [-0.2, -0.15) is 0 Å². The second kappa shape index (κ2) is 6.89. The highest BCUT2D eigenvalue weighted by atomic mass is 16.6. The molecule has 0 aromatic carbocycles. The molecule has 0 aliphatic carbocycles. The molecule has 0 unspecified atom stereocenters. The molecule has 0 saturated carbocycles. The van der Waals surface area contributed by atoms with Gasteiger partial charge in [0.25, 0.3) is 0 Å². The molecule has 1 aromatic heterocycles. The number of amides is 1. The van der Waals surface area contributed by atoms with Crippen LogP contribution in [0.2, 0.25) is 0 Å². The summed E-state index contributed by atoms with van der Waals surface area (Å²) in [4.78, 5) is 18.4. The Kier molecular flexibility index (Phi) is 5.17. The summed E-state index contributed by atoms with van der Waals surface area (Å²) in [6, 6.07) is 5.95. The van der Waals surface area contributed by atoms with Gasteiger partial charge in [0.1, 0.15) is 5.60 Å². The largest absolute Gasteiger partial charge is 0.444 e. The first-order valence-corrected chi connectivity index (χ1v) is 7.52. The van der Waals surface area contributed by atoms with Crippen LogP contribution in [-0.2, 0) is 11.2 Å². The van der Waals surface area contributed by atoms with E-state index >= 15 is 0 Å². The Balaban J connectivity index is 1.96. The van der Waals surface area contributed by atoms with E-state index in [0.717, 1.165) is 25.2 Å². The third-order valence-corrected chi connectivity index (χ3v) is 3.35. The predicted molar refractivity (Wildman–Crippen MR) is 82.1 cm³/mol. The SMILES string of the molecule is CC(C)(C)OC(=O)N1CCNC[C@H](Cc2ccccn2)C1. The summed E-state index contributed by atoms with van der Waals surface area (Å²) in [5.41, 5.74) is 0.614. The van der Waals surface area contributed by atoms with E-state index in [0.29, 0.717) is 19.0 Å². The molecule has 1 aliphatic heterocycles. The third kappa shape index (κ3) is 5.34. The van der Waals surface area contributed by atoms with Gasteiger partial charge in [0, 0.05) is 38.1 Å². The first-order valence-electron chi connectivity index (χ1n) is 7.52. The van der Waals surface area contributed by atoms with Crippen molar-refractivity contribution in [1.82, 2.24) is 15.2 Å². The van der Waals surface area contributed by atoms with Crippen LogP contribution in [0.3, 0.4) is 0 Å². The highest BCUT2D eigenvalue weighted by Gasteiger charge is 2.26. The number of carbonyl (C=O) groups excluding carboxylic acids is 1. The van der Waals surface area contributed by atoms with E-state index < -0.39 is 5.60 Å². The van der Waals surface area contributed by atoms with E-state index in [1.807, 2.05) is 45.2 Å². The molecule has 0 radical (unpaired) electrons. The highest BCUT2D eigenvalue weighted by molar-refractivity contribution is 5.68. The summed E-state index contributed by atoms with van der Waals surface area (Å²) in [5, 5.41) is 3.39. The fourth-order valence-electron chi connectivity index (χ4n) is 2.43. The van der Waals surface area contributed by atoms with Gasteiger partial charge in [0.2, 0.25) is 0 Å². The normalized spacial score (nSPS) is 20.0. The number of carbonyl (C=O) groups is 1. The summed E-state index contributed by atoms with van der Waals surface area (Å²) < 4.78 is 5.47. The average molecular weight is 291 g/mol. The lowest BCUT2D eigenvalue weighted by atomic mass is 10.0. The van der Waals surface area contributed by atoms with Gasteiger partial charge >= 0.3 is 6.09 Å². The zero-order valence-corrected chi connectivity index (χ0v) is 13.1. The molecule has 1 fully saturated rings. The van der Waals surface area contributed by atoms with E-state index in [2.05, 4.69) is 10.3 Å². The molecule has 1 N–H and O–H groups in total. The quantitative estimate of drug-likeness (QED) is 0.906. The highest BCUT2D eigenvalue weighted by Crippen LogP contribution is 2.14. The van der Waals surface area contributed by atoms with E-state index in [1.54, 1.807) is 4.90 Å². The summed E-state index contributed by atoms with van der Waals surface area (Å²) in [5.74, 6) is 0.356. The van der Waals surface area contributed by atoms with Crippen molar-refractivity contribution < 1.29 is 9.53 Å². The molecule has 5 heteroatoms. The van der Waals surface area contributed by atoms with Crippen LogP contribution in [-0.4, -0.2) is 47.8 Å². The zero-order chi connectivity index (χ0) is 15.3. The molecule has 21 heavy (non-hydrogen) atoms. The number of hydrogen-bond donors (Lipinski definition) is 1. The van der Waals surface area contributed by atoms with Crippen molar-refractivity contribution in [3.63, 3.8) is 0 Å². The molecule has 1 aromatic rings. The van der Waals surface area contributed by atoms with Crippen molar-refractivity contribution in [3.05, 3.63) is 30.1 Å². The Bertz CT molecular complexity index is 456. The van der Waals surface area contributed by atoms with Crippen LogP contribution in [0.1, 0.15) is 26.5 Å². The molecule has 2 heterocycles. The van der Waals surface area contributed by atoms with Gasteiger partial charge < -0.3 is 15.0 Å². The minimum Gasteiger partial charge on any atom is -0.444 e. The smallest absolute Gasteiger partial charge is 0.410 e. The molecule has 1 amide bonds. The van der Waals surface area contributed by atoms with Gasteiger partial charge in [-0.15, -0.1) is 0 Å². The summed E-state index contributed by atoms with van der Waals surface area (Å²) in [6.45, 7) is 8.78. The Morgan fingerprint density at radius 3 is 2.95 bits per heavy atom. The van der Waals surface area contributed by atoms with Crippen molar-refractivity contribution in [2.24, 2.45) is 5.92 Å². The lowest BCUT2D eigenvalue weighted by Gasteiger charge is -2.28. The van der Waals surface area contributed by atoms with Gasteiger partial charge in [0.05, 0.1) is 0 Å². The van der Waals surface area contributed by atoms with Crippen molar-refractivity contribution in [3.8, 4) is 0 Å². The molecular formula is C16H25N3O2. The fourth-order valence-corrected chi connectivity index (χ4v) is 2.43. The van der Waals surface area contributed by atoms with Crippen LogP contribution in [0.4, 0.5) is 4.79 Å². The number of ether oxygens (including phenoxy) is 1. The van der Waals surface area contributed by atoms with Crippen molar-refractivity contribution in [2.45, 2.75) is 32.8 Å². The maximum absolute atomic E-state index is 12.2. The molecule has 1 aliphatic rings. The number of pyridine rings is 1. The zero-order valence-electron chi connectivity index (χ0n) is 13.1. The molecule has 116 valence electrons. The maximum atomic E-state index is 12.2. The Labute approximate surface area is 126 Å². The van der Waals surface area contributed by atoms with Crippen LogP contribution in [0, 0.1) is 5.92 Å². The Hall–Kier alpha value is -1.62. The van der Waals surface area contributed by atoms with Crippen LogP contribution in [0.5, 0.6) is 0 Å². The van der Waals surface area contributed by atoms with Crippen molar-refractivity contribution in [2.75, 3.05) is 26.2 Å². The number of rotatable bonds is 2. The summed E-state index contributed by atoms with van der Waals surface area (Å²) in [7, 11) is 0. The van der Waals surface area contributed by atoms with Crippen LogP contribution in [0.25, 0.3) is 0 Å². The Morgan fingerprint density at radius 1 is 1.48 bits per heavy atom. The molecule has 1 saturated heterocycles. The van der Waals surface area contributed by atoms with Crippen molar-refractivity contribution >= 4 is 6.09 Å². The number of nitrogens with one attached hydrogen (secondary N) is 1. The average Bonchev–Trinajstić information content (AvgIpc) is 2.64. The van der Waals surface area contributed by atoms with E-state index in [4.69, 9.17) is 4.74 Å². The molecule has 2 rings (SSSR count). The summed E-state index contributed by atoms with van der Waals surface area (Å²) in [6.07, 6.45) is 2.45. The molecule has 0 bridgehead atoms. The lowest BCUT2D eigenvalue weighted by molar-refractivity contribution is 0.0241. The van der Waals surface area contributed by atoms with Gasteiger partial charge in [0.15, 0.2) is 0 Å². The van der Waals surface area contributed by atoms with Crippen LogP contribution in [0.15, 0.2) is 24.4 Å². The minimum atomic E-state index is -0.451. The van der Waals surface area contributed by atoms with Crippen LogP contribution < -0.4 is 5.32 Å². The predicted octanol–water partition coefficient (Wildman–Crippen LogP) is 2.08. The Morgan fingerprint density at radius 2 is 2.29 bits per heavy atom. The topological polar surface area (TPSA) is 54.5 Å². The van der Waals surface area contributed by atoms with Gasteiger partial charge in [-0.05, 0) is 45.2 Å². The fraction of sp³-hybridized carbons (Fsp3) is 0.625.